The van der Waals surface area contributed by atoms with Gasteiger partial charge < -0.3 is 9.47 Å². The summed E-state index contributed by atoms with van der Waals surface area (Å²) < 4.78 is 18.2. The molecule has 4 aromatic rings. The number of rotatable bonds is 14. The Morgan fingerprint density at radius 1 is 0.700 bits per heavy atom. The van der Waals surface area contributed by atoms with E-state index in [1.165, 1.54) is 22.4 Å². The van der Waals surface area contributed by atoms with E-state index in [4.69, 9.17) is 9.47 Å². The monoisotopic (exact) mass is 543 g/mol. The maximum absolute atomic E-state index is 6.65. The first-order valence-corrected chi connectivity index (χ1v) is 15.5. The maximum atomic E-state index is 6.65. The molecule has 4 nitrogen and oxygen atoms in total. The molecule has 0 radical (unpaired) electrons. The van der Waals surface area contributed by atoms with Crippen LogP contribution in [0.4, 0.5) is 0 Å². The van der Waals surface area contributed by atoms with Crippen molar-refractivity contribution in [1.29, 1.82) is 0 Å². The van der Waals surface area contributed by atoms with E-state index in [9.17, 15) is 0 Å². The molecule has 0 aliphatic heterocycles. The number of aromatic nitrogens is 2. The van der Waals surface area contributed by atoms with Crippen molar-refractivity contribution < 1.29 is 14.0 Å². The smallest absolute Gasteiger partial charge is 0.260 e. The zero-order valence-corrected chi connectivity index (χ0v) is 26.2. The van der Waals surface area contributed by atoms with Gasteiger partial charge in [-0.25, -0.2) is 9.13 Å². The van der Waals surface area contributed by atoms with Gasteiger partial charge in [0, 0.05) is 16.3 Å². The minimum absolute atomic E-state index is 0.382. The van der Waals surface area contributed by atoms with Crippen molar-refractivity contribution in [2.75, 3.05) is 13.2 Å². The van der Waals surface area contributed by atoms with Crippen LogP contribution in [0.15, 0.2) is 54.6 Å². The first-order valence-electron chi connectivity index (χ1n) is 15.5. The predicted octanol–water partition coefficient (Wildman–Crippen LogP) is 9.15. The van der Waals surface area contributed by atoms with E-state index in [0.717, 1.165) is 54.6 Å². The van der Waals surface area contributed by atoms with Gasteiger partial charge in [-0.2, -0.15) is 0 Å². The first-order chi connectivity index (χ1) is 19.2. The molecule has 0 N–H and O–H groups in total. The van der Waals surface area contributed by atoms with Crippen molar-refractivity contribution in [3.8, 4) is 11.5 Å². The Bertz CT molecular complexity index is 1400. The summed E-state index contributed by atoms with van der Waals surface area (Å²) in [6.45, 7) is 21.5. The summed E-state index contributed by atoms with van der Waals surface area (Å²) in [5, 5.41) is 2.27. The molecule has 0 bridgehead atoms. The number of fused-ring (bicyclic) bond motifs is 2. The predicted molar refractivity (Wildman–Crippen MR) is 169 cm³/mol. The second-order valence-electron chi connectivity index (χ2n) is 12.9. The van der Waals surface area contributed by atoms with E-state index in [1.54, 1.807) is 0 Å². The number of hydrogen-bond acceptors (Lipinski definition) is 2. The van der Waals surface area contributed by atoms with E-state index in [1.807, 2.05) is 0 Å². The van der Waals surface area contributed by atoms with E-state index in [-0.39, 0.29) is 0 Å². The molecule has 0 aliphatic carbocycles. The number of hydrogen-bond donors (Lipinski definition) is 0. The van der Waals surface area contributed by atoms with Crippen LogP contribution in [0.3, 0.4) is 0 Å². The van der Waals surface area contributed by atoms with Gasteiger partial charge in [0.05, 0.1) is 25.7 Å². The Balaban J connectivity index is 1.88. The van der Waals surface area contributed by atoms with E-state index in [2.05, 4.69) is 119 Å². The molecule has 1 heterocycles. The van der Waals surface area contributed by atoms with Gasteiger partial charge >= 0.3 is 0 Å². The number of para-hydroxylation sites is 2. The molecule has 0 fully saturated rings. The fourth-order valence-corrected chi connectivity index (χ4v) is 5.47. The molecule has 1 aromatic heterocycles. The molecule has 0 saturated heterocycles. The minimum Gasteiger partial charge on any atom is -0.493 e. The van der Waals surface area contributed by atoms with Crippen LogP contribution in [0, 0.1) is 17.8 Å². The first kappa shape index (κ1) is 30.0. The molecule has 0 saturated carbocycles. The fourth-order valence-electron chi connectivity index (χ4n) is 5.47. The lowest BCUT2D eigenvalue weighted by molar-refractivity contribution is -0.672. The SMILES string of the molecule is CC(C)CCOc1cc(C[n+]2c(C(C)C)n(CCC(C)C)c3ccccc32)c(OCCC(C)C)c2ccccc12. The van der Waals surface area contributed by atoms with E-state index in [0.29, 0.717) is 36.9 Å². The standard InChI is InChI=1S/C36H51N2O2/c1-25(2)17-20-37-32-15-11-12-16-33(32)38(36(37)28(7)8)24-29-23-34(39-21-18-26(3)4)30-13-9-10-14-31(30)35(29)40-22-19-27(5)6/h9-16,23,25-28H,17-22,24H2,1-8H3/q+1. The van der Waals surface area contributed by atoms with Crippen molar-refractivity contribution >= 4 is 21.8 Å². The minimum atomic E-state index is 0.382. The summed E-state index contributed by atoms with van der Waals surface area (Å²) in [7, 11) is 0. The van der Waals surface area contributed by atoms with Gasteiger partial charge in [0.25, 0.3) is 5.82 Å². The number of nitrogens with zero attached hydrogens (tertiary/aromatic N) is 2. The molecule has 216 valence electrons. The highest BCUT2D eigenvalue weighted by molar-refractivity contribution is 5.94. The van der Waals surface area contributed by atoms with Crippen LogP contribution in [0.1, 0.15) is 92.0 Å². The van der Waals surface area contributed by atoms with Crippen molar-refractivity contribution in [2.24, 2.45) is 17.8 Å². The summed E-state index contributed by atoms with van der Waals surface area (Å²) in [5.41, 5.74) is 3.77. The zero-order chi connectivity index (χ0) is 28.8. The molecule has 0 atom stereocenters. The second kappa shape index (κ2) is 13.6. The van der Waals surface area contributed by atoms with Crippen LogP contribution in [-0.4, -0.2) is 17.8 Å². The lowest BCUT2D eigenvalue weighted by atomic mass is 10.0. The third kappa shape index (κ3) is 7.00. The largest absolute Gasteiger partial charge is 0.493 e. The van der Waals surface area contributed by atoms with Gasteiger partial charge in [-0.1, -0.05) is 91.8 Å². The molecule has 4 heteroatoms. The van der Waals surface area contributed by atoms with Crippen LogP contribution < -0.4 is 14.0 Å². The Hall–Kier alpha value is -3.01. The third-order valence-corrected chi connectivity index (χ3v) is 7.72. The molecular weight excluding hydrogens is 492 g/mol. The summed E-state index contributed by atoms with van der Waals surface area (Å²) in [6.07, 6.45) is 3.22. The van der Waals surface area contributed by atoms with Gasteiger partial charge in [0.2, 0.25) is 0 Å². The summed E-state index contributed by atoms with van der Waals surface area (Å²) in [5.74, 6) is 5.55. The van der Waals surface area contributed by atoms with Crippen LogP contribution in [0.2, 0.25) is 0 Å². The maximum Gasteiger partial charge on any atom is 0.260 e. The Morgan fingerprint density at radius 2 is 1.30 bits per heavy atom. The molecule has 0 aliphatic rings. The Morgan fingerprint density at radius 3 is 1.95 bits per heavy atom. The Kier molecular flexibility index (Phi) is 10.2. The van der Waals surface area contributed by atoms with Gasteiger partial charge in [-0.15, -0.1) is 0 Å². The van der Waals surface area contributed by atoms with Crippen molar-refractivity contribution in [3.63, 3.8) is 0 Å². The van der Waals surface area contributed by atoms with Crippen LogP contribution in [0.25, 0.3) is 21.8 Å². The summed E-state index contributed by atoms with van der Waals surface area (Å²) >= 11 is 0. The van der Waals surface area contributed by atoms with Gasteiger partial charge in [-0.05, 0) is 55.2 Å². The second-order valence-corrected chi connectivity index (χ2v) is 12.9. The Labute approximate surface area is 242 Å². The van der Waals surface area contributed by atoms with Gasteiger partial charge in [0.15, 0.2) is 11.0 Å². The van der Waals surface area contributed by atoms with Crippen LogP contribution in [0.5, 0.6) is 11.5 Å². The van der Waals surface area contributed by atoms with Crippen molar-refractivity contribution in [1.82, 2.24) is 4.57 Å². The number of imidazole rings is 1. The van der Waals surface area contributed by atoms with E-state index >= 15 is 0 Å². The van der Waals surface area contributed by atoms with Crippen molar-refractivity contribution in [3.05, 3.63) is 66.0 Å². The number of aryl methyl sites for hydroxylation is 1. The van der Waals surface area contributed by atoms with Crippen molar-refractivity contribution in [2.45, 2.75) is 93.7 Å². The lowest BCUT2D eigenvalue weighted by Crippen LogP contribution is -2.39. The molecule has 40 heavy (non-hydrogen) atoms. The van der Waals surface area contributed by atoms with Gasteiger partial charge in [0.1, 0.15) is 18.0 Å². The highest BCUT2D eigenvalue weighted by Crippen LogP contribution is 2.38. The highest BCUT2D eigenvalue weighted by Gasteiger charge is 2.29. The normalized spacial score (nSPS) is 12.1. The quantitative estimate of drug-likeness (QED) is 0.148. The average Bonchev–Trinajstić information content (AvgIpc) is 3.22. The number of benzene rings is 3. The number of ether oxygens (including phenoxy) is 2. The summed E-state index contributed by atoms with van der Waals surface area (Å²) in [4.78, 5) is 0. The third-order valence-electron chi connectivity index (χ3n) is 7.72. The molecular formula is C36H51N2O2+. The van der Waals surface area contributed by atoms with E-state index < -0.39 is 0 Å². The summed E-state index contributed by atoms with van der Waals surface area (Å²) in [6, 6.07) is 19.7. The van der Waals surface area contributed by atoms with Gasteiger partial charge in [-0.3, -0.25) is 0 Å². The fraction of sp³-hybridized carbons (Fsp3) is 0.528. The highest BCUT2D eigenvalue weighted by atomic mass is 16.5. The molecule has 0 amide bonds. The average molecular weight is 544 g/mol. The molecule has 0 unspecified atom stereocenters. The zero-order valence-electron chi connectivity index (χ0n) is 26.2. The molecule has 4 rings (SSSR count). The lowest BCUT2D eigenvalue weighted by Gasteiger charge is -2.19. The molecule has 0 spiro atoms. The topological polar surface area (TPSA) is 27.3 Å². The molecule has 3 aromatic carbocycles. The van der Waals surface area contributed by atoms with Crippen LogP contribution in [-0.2, 0) is 13.1 Å². The van der Waals surface area contributed by atoms with Crippen LogP contribution >= 0.6 is 0 Å².